The minimum Gasteiger partial charge on any atom is -0.350 e. The van der Waals surface area contributed by atoms with Crippen LogP contribution in [-0.4, -0.2) is 11.9 Å². The molecule has 0 unspecified atom stereocenters. The Morgan fingerprint density at radius 1 is 1.26 bits per heavy atom. The SMILES string of the molecule is CC(C)NC(=O)C1=C(SCc2ccccc2)CCC1. The standard InChI is InChI=1S/C16H21NOS/c1-12(2)17-16(18)14-9-6-10-15(14)19-11-13-7-4-3-5-8-13/h3-5,7-8,12H,6,9-11H2,1-2H3,(H,17,18). The van der Waals surface area contributed by atoms with Crippen LogP contribution in [0.25, 0.3) is 0 Å². The van der Waals surface area contributed by atoms with E-state index in [1.165, 1.54) is 10.5 Å². The van der Waals surface area contributed by atoms with Gasteiger partial charge in [-0.05, 0) is 43.6 Å². The van der Waals surface area contributed by atoms with Crippen molar-refractivity contribution in [3.8, 4) is 0 Å². The maximum absolute atomic E-state index is 12.1. The zero-order valence-corrected chi connectivity index (χ0v) is 12.4. The molecule has 1 N–H and O–H groups in total. The van der Waals surface area contributed by atoms with Gasteiger partial charge in [0.2, 0.25) is 5.91 Å². The number of allylic oxidation sites excluding steroid dienone is 1. The van der Waals surface area contributed by atoms with Crippen LogP contribution in [0.5, 0.6) is 0 Å². The van der Waals surface area contributed by atoms with E-state index in [-0.39, 0.29) is 11.9 Å². The van der Waals surface area contributed by atoms with Crippen molar-refractivity contribution in [3.63, 3.8) is 0 Å². The molecule has 3 heteroatoms. The second-order valence-corrected chi connectivity index (χ2v) is 6.23. The van der Waals surface area contributed by atoms with Crippen LogP contribution in [0.2, 0.25) is 0 Å². The lowest BCUT2D eigenvalue weighted by Gasteiger charge is -2.11. The van der Waals surface area contributed by atoms with E-state index in [1.54, 1.807) is 0 Å². The molecule has 1 aromatic rings. The third-order valence-corrected chi connectivity index (χ3v) is 4.39. The van der Waals surface area contributed by atoms with Crippen molar-refractivity contribution in [1.29, 1.82) is 0 Å². The van der Waals surface area contributed by atoms with Crippen LogP contribution in [0.15, 0.2) is 40.8 Å². The molecule has 2 nitrogen and oxygen atoms in total. The van der Waals surface area contributed by atoms with Crippen LogP contribution in [0.3, 0.4) is 0 Å². The zero-order chi connectivity index (χ0) is 13.7. The molecule has 0 radical (unpaired) electrons. The molecule has 19 heavy (non-hydrogen) atoms. The highest BCUT2D eigenvalue weighted by Crippen LogP contribution is 2.36. The Bertz CT molecular complexity index is 465. The molecule has 0 spiro atoms. The molecule has 2 rings (SSSR count). The van der Waals surface area contributed by atoms with Gasteiger partial charge in [0.05, 0.1) is 0 Å². The van der Waals surface area contributed by atoms with Gasteiger partial charge in [0.15, 0.2) is 0 Å². The van der Waals surface area contributed by atoms with Gasteiger partial charge in [0.1, 0.15) is 0 Å². The normalized spacial score (nSPS) is 15.1. The maximum atomic E-state index is 12.1. The smallest absolute Gasteiger partial charge is 0.248 e. The van der Waals surface area contributed by atoms with Crippen molar-refractivity contribution in [1.82, 2.24) is 5.32 Å². The Morgan fingerprint density at radius 2 is 2.00 bits per heavy atom. The average molecular weight is 275 g/mol. The predicted octanol–water partition coefficient (Wildman–Crippen LogP) is 3.88. The first-order valence-electron chi connectivity index (χ1n) is 6.86. The molecule has 0 atom stereocenters. The van der Waals surface area contributed by atoms with Crippen LogP contribution in [0.1, 0.15) is 38.7 Å². The monoisotopic (exact) mass is 275 g/mol. The third kappa shape index (κ3) is 4.13. The van der Waals surface area contributed by atoms with Crippen LogP contribution in [0, 0.1) is 0 Å². The summed E-state index contributed by atoms with van der Waals surface area (Å²) in [5.74, 6) is 1.08. The summed E-state index contributed by atoms with van der Waals surface area (Å²) in [4.78, 5) is 13.4. The van der Waals surface area contributed by atoms with Gasteiger partial charge in [-0.15, -0.1) is 11.8 Å². The number of thioether (sulfide) groups is 1. The summed E-state index contributed by atoms with van der Waals surface area (Å²) in [7, 11) is 0. The van der Waals surface area contributed by atoms with E-state index in [0.717, 1.165) is 30.6 Å². The molecule has 0 heterocycles. The summed E-state index contributed by atoms with van der Waals surface area (Å²) < 4.78 is 0. The highest BCUT2D eigenvalue weighted by molar-refractivity contribution is 8.02. The number of carbonyl (C=O) groups excluding carboxylic acids is 1. The van der Waals surface area contributed by atoms with Crippen molar-refractivity contribution >= 4 is 17.7 Å². The van der Waals surface area contributed by atoms with Crippen molar-refractivity contribution in [2.24, 2.45) is 0 Å². The largest absolute Gasteiger partial charge is 0.350 e. The van der Waals surface area contributed by atoms with Gasteiger partial charge < -0.3 is 5.32 Å². The molecule has 0 saturated heterocycles. The molecule has 1 amide bonds. The van der Waals surface area contributed by atoms with Crippen LogP contribution in [0.4, 0.5) is 0 Å². The number of nitrogens with one attached hydrogen (secondary N) is 1. The highest BCUT2D eigenvalue weighted by atomic mass is 32.2. The van der Waals surface area contributed by atoms with Gasteiger partial charge in [-0.3, -0.25) is 4.79 Å². The quantitative estimate of drug-likeness (QED) is 0.883. The second-order valence-electron chi connectivity index (χ2n) is 5.16. The van der Waals surface area contributed by atoms with Gasteiger partial charge in [-0.25, -0.2) is 0 Å². The van der Waals surface area contributed by atoms with E-state index in [0.29, 0.717) is 0 Å². The maximum Gasteiger partial charge on any atom is 0.248 e. The van der Waals surface area contributed by atoms with E-state index in [9.17, 15) is 4.79 Å². The molecular weight excluding hydrogens is 254 g/mol. The summed E-state index contributed by atoms with van der Waals surface area (Å²) in [6.07, 6.45) is 3.09. The molecule has 0 aliphatic heterocycles. The lowest BCUT2D eigenvalue weighted by molar-refractivity contribution is -0.118. The number of benzene rings is 1. The first-order chi connectivity index (χ1) is 9.16. The Balaban J connectivity index is 1.99. The first-order valence-corrected chi connectivity index (χ1v) is 7.85. The van der Waals surface area contributed by atoms with E-state index in [4.69, 9.17) is 0 Å². The third-order valence-electron chi connectivity index (χ3n) is 3.12. The van der Waals surface area contributed by atoms with Gasteiger partial charge in [-0.1, -0.05) is 30.3 Å². The van der Waals surface area contributed by atoms with Crippen LogP contribution >= 0.6 is 11.8 Å². The highest BCUT2D eigenvalue weighted by Gasteiger charge is 2.21. The molecular formula is C16H21NOS. The van der Waals surface area contributed by atoms with Crippen LogP contribution in [-0.2, 0) is 10.5 Å². The van der Waals surface area contributed by atoms with Crippen molar-refractivity contribution in [2.75, 3.05) is 0 Å². The molecule has 102 valence electrons. The minimum atomic E-state index is 0.128. The molecule has 0 fully saturated rings. The summed E-state index contributed by atoms with van der Waals surface area (Å²) in [5, 5.41) is 3.00. The van der Waals surface area contributed by atoms with Crippen molar-refractivity contribution in [3.05, 3.63) is 46.4 Å². The fourth-order valence-corrected chi connectivity index (χ4v) is 3.40. The average Bonchev–Trinajstić information content (AvgIpc) is 2.85. The number of hydrogen-bond donors (Lipinski definition) is 1. The van der Waals surface area contributed by atoms with Crippen LogP contribution < -0.4 is 5.32 Å². The predicted molar refractivity (Wildman–Crippen MR) is 81.9 cm³/mol. The Hall–Kier alpha value is -1.22. The zero-order valence-electron chi connectivity index (χ0n) is 11.6. The Labute approximate surface area is 119 Å². The summed E-state index contributed by atoms with van der Waals surface area (Å²) in [5.41, 5.74) is 2.32. The van der Waals surface area contributed by atoms with Gasteiger partial charge in [0, 0.05) is 17.4 Å². The van der Waals surface area contributed by atoms with E-state index >= 15 is 0 Å². The topological polar surface area (TPSA) is 29.1 Å². The summed E-state index contributed by atoms with van der Waals surface area (Å²) in [6, 6.07) is 10.6. The molecule has 0 saturated carbocycles. The van der Waals surface area contributed by atoms with E-state index in [1.807, 2.05) is 31.7 Å². The lowest BCUT2D eigenvalue weighted by atomic mass is 10.2. The summed E-state index contributed by atoms with van der Waals surface area (Å²) >= 11 is 1.82. The van der Waals surface area contributed by atoms with Gasteiger partial charge in [0.25, 0.3) is 0 Å². The second kappa shape index (κ2) is 6.80. The van der Waals surface area contributed by atoms with E-state index < -0.39 is 0 Å². The number of carbonyl (C=O) groups is 1. The number of amides is 1. The van der Waals surface area contributed by atoms with E-state index in [2.05, 4.69) is 29.6 Å². The fourth-order valence-electron chi connectivity index (χ4n) is 2.21. The molecule has 0 bridgehead atoms. The first kappa shape index (κ1) is 14.2. The lowest BCUT2D eigenvalue weighted by Crippen LogP contribution is -2.31. The summed E-state index contributed by atoms with van der Waals surface area (Å²) in [6.45, 7) is 4.01. The molecule has 0 aromatic heterocycles. The Morgan fingerprint density at radius 3 is 2.68 bits per heavy atom. The van der Waals surface area contributed by atoms with Gasteiger partial charge in [-0.2, -0.15) is 0 Å². The number of rotatable bonds is 5. The molecule has 1 aliphatic carbocycles. The fraction of sp³-hybridized carbons (Fsp3) is 0.438. The van der Waals surface area contributed by atoms with Crippen molar-refractivity contribution < 1.29 is 4.79 Å². The number of hydrogen-bond acceptors (Lipinski definition) is 2. The molecule has 1 aromatic carbocycles. The van der Waals surface area contributed by atoms with Gasteiger partial charge >= 0.3 is 0 Å². The van der Waals surface area contributed by atoms with Crippen molar-refractivity contribution in [2.45, 2.75) is 44.9 Å². The molecule has 1 aliphatic rings. The Kier molecular flexibility index (Phi) is 5.08. The minimum absolute atomic E-state index is 0.128.